The van der Waals surface area contributed by atoms with Crippen LogP contribution in [-0.2, 0) is 4.74 Å². The van der Waals surface area contributed by atoms with Gasteiger partial charge in [-0.25, -0.2) is 0 Å². The molecule has 2 atom stereocenters. The molecule has 2 bridgehead atoms. The van der Waals surface area contributed by atoms with Gasteiger partial charge in [-0.05, 0) is 12.8 Å². The average molecular weight is 202 g/mol. The van der Waals surface area contributed by atoms with Crippen molar-refractivity contribution in [3.05, 3.63) is 0 Å². The van der Waals surface area contributed by atoms with Gasteiger partial charge in [0.15, 0.2) is 0 Å². The molecule has 0 unspecified atom stereocenters. The number of ether oxygens (including phenoxy) is 1. The van der Waals surface area contributed by atoms with Crippen molar-refractivity contribution in [1.82, 2.24) is 0 Å². The van der Waals surface area contributed by atoms with E-state index in [2.05, 4.69) is 0 Å². The van der Waals surface area contributed by atoms with E-state index in [0.29, 0.717) is 13.2 Å². The summed E-state index contributed by atoms with van der Waals surface area (Å²) in [7, 11) is 0. The molecule has 14 heavy (non-hydrogen) atoms. The van der Waals surface area contributed by atoms with Gasteiger partial charge in [0.05, 0.1) is 32.5 Å². The second-order valence-electron chi connectivity index (χ2n) is 4.79. The molecule has 1 aliphatic heterocycles. The molecule has 1 saturated heterocycles. The van der Waals surface area contributed by atoms with Gasteiger partial charge in [0.25, 0.3) is 0 Å². The number of fused-ring (bicyclic) bond motifs is 2. The van der Waals surface area contributed by atoms with Gasteiger partial charge in [-0.15, -0.1) is 0 Å². The van der Waals surface area contributed by atoms with Crippen LogP contribution >= 0.6 is 0 Å². The summed E-state index contributed by atoms with van der Waals surface area (Å²) in [5, 5.41) is 28.9. The third-order valence-corrected chi connectivity index (χ3v) is 3.92. The van der Waals surface area contributed by atoms with E-state index in [-0.39, 0.29) is 13.2 Å². The second kappa shape index (κ2) is 3.45. The zero-order valence-electron chi connectivity index (χ0n) is 8.28. The molecule has 0 aromatic rings. The summed E-state index contributed by atoms with van der Waals surface area (Å²) in [6.07, 6.45) is 1.88. The standard InChI is InChI=1S/C10H18O4/c11-4-9-2-1-3-10(5-12,8(9)13)7-14-6-9/h8,11-13H,1-7H2/t9-,10-/m0/s1. The van der Waals surface area contributed by atoms with E-state index >= 15 is 0 Å². The summed E-state index contributed by atoms with van der Waals surface area (Å²) < 4.78 is 5.42. The molecule has 0 spiro atoms. The normalized spacial score (nSPS) is 47.8. The Labute approximate surface area is 83.5 Å². The molecule has 2 aliphatic rings. The lowest BCUT2D eigenvalue weighted by molar-refractivity contribution is -0.230. The smallest absolute Gasteiger partial charge is 0.0740 e. The number of hydrogen-bond acceptors (Lipinski definition) is 4. The van der Waals surface area contributed by atoms with Gasteiger partial charge in [0.1, 0.15) is 0 Å². The van der Waals surface area contributed by atoms with Crippen molar-refractivity contribution >= 4 is 0 Å². The van der Waals surface area contributed by atoms with Crippen LogP contribution in [0.5, 0.6) is 0 Å². The summed E-state index contributed by atoms with van der Waals surface area (Å²) in [4.78, 5) is 0. The first-order valence-electron chi connectivity index (χ1n) is 5.17. The highest BCUT2D eigenvalue weighted by Gasteiger charge is 2.56. The van der Waals surface area contributed by atoms with Gasteiger partial charge in [0.2, 0.25) is 0 Å². The van der Waals surface area contributed by atoms with Crippen LogP contribution in [0.15, 0.2) is 0 Å². The maximum atomic E-state index is 10.2. The van der Waals surface area contributed by atoms with Gasteiger partial charge in [0, 0.05) is 10.8 Å². The maximum absolute atomic E-state index is 10.2. The van der Waals surface area contributed by atoms with Gasteiger partial charge in [-0.3, -0.25) is 0 Å². The Bertz CT molecular complexity index is 186. The van der Waals surface area contributed by atoms with E-state index in [1.54, 1.807) is 0 Å². The molecule has 2 rings (SSSR count). The van der Waals surface area contributed by atoms with Crippen LogP contribution in [0, 0.1) is 10.8 Å². The highest BCUT2D eigenvalue weighted by Crippen LogP contribution is 2.49. The van der Waals surface area contributed by atoms with Crippen LogP contribution in [0.25, 0.3) is 0 Å². The van der Waals surface area contributed by atoms with Gasteiger partial charge in [-0.1, -0.05) is 6.42 Å². The van der Waals surface area contributed by atoms with Gasteiger partial charge >= 0.3 is 0 Å². The largest absolute Gasteiger partial charge is 0.396 e. The molecule has 1 saturated carbocycles. The Morgan fingerprint density at radius 2 is 1.57 bits per heavy atom. The predicted molar refractivity (Wildman–Crippen MR) is 49.7 cm³/mol. The Kier molecular flexibility index (Phi) is 2.55. The molecule has 4 heteroatoms. The fourth-order valence-electron chi connectivity index (χ4n) is 2.90. The summed E-state index contributed by atoms with van der Waals surface area (Å²) in [5.41, 5.74) is -1.06. The molecule has 4 nitrogen and oxygen atoms in total. The van der Waals surface area contributed by atoms with Crippen LogP contribution in [-0.4, -0.2) is 47.9 Å². The maximum Gasteiger partial charge on any atom is 0.0740 e. The number of aliphatic hydroxyl groups excluding tert-OH is 3. The molecule has 0 aromatic carbocycles. The van der Waals surface area contributed by atoms with E-state index in [1.807, 2.05) is 0 Å². The third-order valence-electron chi connectivity index (χ3n) is 3.92. The lowest BCUT2D eigenvalue weighted by Gasteiger charge is -2.54. The molecular formula is C10H18O4. The van der Waals surface area contributed by atoms with E-state index < -0.39 is 16.9 Å². The second-order valence-corrected chi connectivity index (χ2v) is 4.79. The van der Waals surface area contributed by atoms with Crippen LogP contribution in [0.4, 0.5) is 0 Å². The first kappa shape index (κ1) is 10.4. The minimum atomic E-state index is -0.632. The fourth-order valence-corrected chi connectivity index (χ4v) is 2.90. The molecule has 3 N–H and O–H groups in total. The Morgan fingerprint density at radius 3 is 2.00 bits per heavy atom. The summed E-state index contributed by atoms with van der Waals surface area (Å²) in [5.74, 6) is 0. The van der Waals surface area contributed by atoms with E-state index in [4.69, 9.17) is 4.74 Å². The third kappa shape index (κ3) is 1.21. The Balaban J connectivity index is 2.28. The summed E-state index contributed by atoms with van der Waals surface area (Å²) in [6, 6.07) is 0. The number of hydrogen-bond donors (Lipinski definition) is 3. The van der Waals surface area contributed by atoms with Crippen LogP contribution in [0.1, 0.15) is 19.3 Å². The number of rotatable bonds is 2. The number of aliphatic hydroxyl groups is 3. The molecular weight excluding hydrogens is 184 g/mol. The van der Waals surface area contributed by atoms with E-state index in [0.717, 1.165) is 19.3 Å². The van der Waals surface area contributed by atoms with Crippen LogP contribution in [0.3, 0.4) is 0 Å². The van der Waals surface area contributed by atoms with Crippen LogP contribution in [0.2, 0.25) is 0 Å². The summed E-state index contributed by atoms with van der Waals surface area (Å²) in [6.45, 7) is 0.699. The van der Waals surface area contributed by atoms with Crippen molar-refractivity contribution in [3.63, 3.8) is 0 Å². The zero-order valence-corrected chi connectivity index (χ0v) is 8.28. The first-order valence-corrected chi connectivity index (χ1v) is 5.17. The predicted octanol–water partition coefficient (Wildman–Crippen LogP) is -0.481. The quantitative estimate of drug-likeness (QED) is 0.565. The molecule has 0 radical (unpaired) electrons. The van der Waals surface area contributed by atoms with E-state index in [9.17, 15) is 15.3 Å². The first-order chi connectivity index (χ1) is 6.69. The van der Waals surface area contributed by atoms with Crippen molar-refractivity contribution in [1.29, 1.82) is 0 Å². The lowest BCUT2D eigenvalue weighted by Crippen LogP contribution is -2.62. The Hall–Kier alpha value is -0.160. The molecule has 2 fully saturated rings. The van der Waals surface area contributed by atoms with Crippen molar-refractivity contribution in [2.75, 3.05) is 26.4 Å². The van der Waals surface area contributed by atoms with Crippen molar-refractivity contribution in [3.8, 4) is 0 Å². The molecule has 1 heterocycles. The van der Waals surface area contributed by atoms with Gasteiger partial charge < -0.3 is 20.1 Å². The molecule has 0 amide bonds. The fraction of sp³-hybridized carbons (Fsp3) is 1.00. The molecule has 1 aliphatic carbocycles. The van der Waals surface area contributed by atoms with Crippen LogP contribution < -0.4 is 0 Å². The highest BCUT2D eigenvalue weighted by atomic mass is 16.5. The van der Waals surface area contributed by atoms with Crippen molar-refractivity contribution < 1.29 is 20.1 Å². The van der Waals surface area contributed by atoms with Gasteiger partial charge in [-0.2, -0.15) is 0 Å². The molecule has 0 aromatic heterocycles. The SMILES string of the molecule is OC[C@@]12CCC[C@](CO)(COC1)C2O. The lowest BCUT2D eigenvalue weighted by atomic mass is 9.59. The summed E-state index contributed by atoms with van der Waals surface area (Å²) >= 11 is 0. The average Bonchev–Trinajstić information content (AvgIpc) is 2.19. The zero-order chi connectivity index (χ0) is 10.2. The van der Waals surface area contributed by atoms with Crippen molar-refractivity contribution in [2.45, 2.75) is 25.4 Å². The Morgan fingerprint density at radius 1 is 1.07 bits per heavy atom. The van der Waals surface area contributed by atoms with E-state index in [1.165, 1.54) is 0 Å². The topological polar surface area (TPSA) is 69.9 Å². The monoisotopic (exact) mass is 202 g/mol. The molecule has 82 valence electrons. The van der Waals surface area contributed by atoms with Crippen molar-refractivity contribution in [2.24, 2.45) is 10.8 Å². The minimum absolute atomic E-state index is 0.0596. The highest BCUT2D eigenvalue weighted by molar-refractivity contribution is 5.04. The minimum Gasteiger partial charge on any atom is -0.396 e.